The fraction of sp³-hybridized carbons (Fsp3) is 0.0526. The maximum atomic E-state index is 12.0. The van der Waals surface area contributed by atoms with Crippen molar-refractivity contribution in [2.45, 2.75) is 0 Å². The third-order valence-electron chi connectivity index (χ3n) is 3.43. The molecule has 2 N–H and O–H groups in total. The van der Waals surface area contributed by atoms with Gasteiger partial charge in [-0.3, -0.25) is 9.59 Å². The molecule has 1 heterocycles. The molecule has 3 aromatic rings. The molecule has 138 valence electrons. The molecule has 0 aliphatic carbocycles. The molecular weight excluding hydrogens is 407 g/mol. The second-order valence-electron chi connectivity index (χ2n) is 5.42. The Morgan fingerprint density at radius 3 is 2.26 bits per heavy atom. The molecule has 0 saturated heterocycles. The number of hydrogen-bond acceptors (Lipinski definition) is 4. The molecule has 0 spiro atoms. The zero-order valence-corrected chi connectivity index (χ0v) is 16.2. The van der Waals surface area contributed by atoms with Gasteiger partial charge in [-0.15, -0.1) is 11.3 Å². The van der Waals surface area contributed by atoms with E-state index >= 15 is 0 Å². The summed E-state index contributed by atoms with van der Waals surface area (Å²) < 4.78 is 5.38. The minimum absolute atomic E-state index is 0.170. The van der Waals surface area contributed by atoms with Gasteiger partial charge in [-0.25, -0.2) is 0 Å². The number of anilines is 2. The minimum Gasteiger partial charge on any atom is -0.484 e. The predicted molar refractivity (Wildman–Crippen MR) is 109 cm³/mol. The Bertz CT molecular complexity index is 944. The number of amides is 2. The number of halogens is 2. The zero-order chi connectivity index (χ0) is 19.2. The van der Waals surface area contributed by atoms with Crippen LogP contribution in [0.4, 0.5) is 11.4 Å². The maximum Gasteiger partial charge on any atom is 0.265 e. The zero-order valence-electron chi connectivity index (χ0n) is 13.9. The van der Waals surface area contributed by atoms with Crippen LogP contribution in [0, 0.1) is 0 Å². The molecular formula is C19H14Cl2N2O3S. The number of carbonyl (C=O) groups excluding carboxylic acids is 2. The fourth-order valence-electron chi connectivity index (χ4n) is 2.15. The number of ether oxygens (including phenoxy) is 1. The summed E-state index contributed by atoms with van der Waals surface area (Å²) in [6, 6.07) is 15.2. The minimum atomic E-state index is -0.323. The third kappa shape index (κ3) is 5.47. The van der Waals surface area contributed by atoms with E-state index in [0.29, 0.717) is 32.0 Å². The van der Waals surface area contributed by atoms with Gasteiger partial charge in [-0.2, -0.15) is 0 Å². The SMILES string of the molecule is O=C(COc1ccc(Cl)c(Cl)c1)Nc1ccc(NC(=O)c2cccs2)cc1. The van der Waals surface area contributed by atoms with E-state index in [9.17, 15) is 9.59 Å². The molecule has 0 fully saturated rings. The number of thiophene rings is 1. The van der Waals surface area contributed by atoms with Gasteiger partial charge in [0.2, 0.25) is 0 Å². The number of benzene rings is 2. The molecule has 1 aromatic heterocycles. The van der Waals surface area contributed by atoms with Crippen molar-refractivity contribution in [3.8, 4) is 5.75 Å². The van der Waals surface area contributed by atoms with E-state index in [1.165, 1.54) is 11.3 Å². The second-order valence-corrected chi connectivity index (χ2v) is 7.18. The standard InChI is InChI=1S/C19H14Cl2N2O3S/c20-15-8-7-14(10-16(15)21)26-11-18(24)22-12-3-5-13(6-4-12)23-19(25)17-2-1-9-27-17/h1-10H,11H2,(H,22,24)(H,23,25). The summed E-state index contributed by atoms with van der Waals surface area (Å²) in [7, 11) is 0. The van der Waals surface area contributed by atoms with Gasteiger partial charge in [-0.05, 0) is 47.8 Å². The van der Waals surface area contributed by atoms with E-state index in [1.54, 1.807) is 48.5 Å². The Labute approximate surface area is 169 Å². The Balaban J connectivity index is 1.50. The molecule has 0 aliphatic rings. The summed E-state index contributed by atoms with van der Waals surface area (Å²) in [6.45, 7) is -0.172. The van der Waals surface area contributed by atoms with Crippen LogP contribution < -0.4 is 15.4 Å². The summed E-state index contributed by atoms with van der Waals surface area (Å²) in [6.07, 6.45) is 0. The molecule has 3 rings (SSSR count). The van der Waals surface area contributed by atoms with Crippen LogP contribution in [-0.2, 0) is 4.79 Å². The van der Waals surface area contributed by atoms with E-state index < -0.39 is 0 Å². The molecule has 0 aliphatic heterocycles. The van der Waals surface area contributed by atoms with Crippen molar-refractivity contribution in [3.05, 3.63) is 74.9 Å². The molecule has 0 radical (unpaired) electrons. The van der Waals surface area contributed by atoms with Crippen LogP contribution in [0.15, 0.2) is 60.0 Å². The Morgan fingerprint density at radius 2 is 1.63 bits per heavy atom. The first-order valence-electron chi connectivity index (χ1n) is 7.84. The molecule has 27 heavy (non-hydrogen) atoms. The summed E-state index contributed by atoms with van der Waals surface area (Å²) >= 11 is 13.1. The largest absolute Gasteiger partial charge is 0.484 e. The van der Waals surface area contributed by atoms with E-state index in [4.69, 9.17) is 27.9 Å². The van der Waals surface area contributed by atoms with E-state index in [0.717, 1.165) is 0 Å². The highest BCUT2D eigenvalue weighted by atomic mass is 35.5. The third-order valence-corrected chi connectivity index (χ3v) is 5.04. The first kappa shape index (κ1) is 19.2. The van der Waals surface area contributed by atoms with Gasteiger partial charge in [0.05, 0.1) is 14.9 Å². The van der Waals surface area contributed by atoms with Gasteiger partial charge < -0.3 is 15.4 Å². The van der Waals surface area contributed by atoms with Crippen molar-refractivity contribution < 1.29 is 14.3 Å². The average Bonchev–Trinajstić information content (AvgIpc) is 3.19. The van der Waals surface area contributed by atoms with Crippen molar-refractivity contribution in [2.75, 3.05) is 17.2 Å². The van der Waals surface area contributed by atoms with Crippen LogP contribution >= 0.6 is 34.5 Å². The molecule has 2 aromatic carbocycles. The van der Waals surface area contributed by atoms with Crippen LogP contribution in [0.1, 0.15) is 9.67 Å². The molecule has 0 unspecified atom stereocenters. The molecule has 8 heteroatoms. The summed E-state index contributed by atoms with van der Waals surface area (Å²) in [4.78, 5) is 24.6. The smallest absolute Gasteiger partial charge is 0.265 e. The van der Waals surface area contributed by atoms with Gasteiger partial charge in [0.15, 0.2) is 6.61 Å². The normalized spacial score (nSPS) is 10.3. The number of rotatable bonds is 6. The van der Waals surface area contributed by atoms with Gasteiger partial charge >= 0.3 is 0 Å². The molecule has 0 atom stereocenters. The maximum absolute atomic E-state index is 12.0. The van der Waals surface area contributed by atoms with Crippen LogP contribution in [0.5, 0.6) is 5.75 Å². The summed E-state index contributed by atoms with van der Waals surface area (Å²) in [5.41, 5.74) is 1.23. The molecule has 2 amide bonds. The highest BCUT2D eigenvalue weighted by molar-refractivity contribution is 7.12. The fourth-order valence-corrected chi connectivity index (χ4v) is 3.06. The topological polar surface area (TPSA) is 67.4 Å². The lowest BCUT2D eigenvalue weighted by atomic mass is 10.2. The van der Waals surface area contributed by atoms with Crippen molar-refractivity contribution in [1.82, 2.24) is 0 Å². The van der Waals surface area contributed by atoms with Crippen LogP contribution in [0.3, 0.4) is 0 Å². The van der Waals surface area contributed by atoms with Crippen LogP contribution in [-0.4, -0.2) is 18.4 Å². The number of carbonyl (C=O) groups is 2. The predicted octanol–water partition coefficient (Wildman–Crippen LogP) is 5.32. The average molecular weight is 421 g/mol. The quantitative estimate of drug-likeness (QED) is 0.566. The molecule has 0 bridgehead atoms. The van der Waals surface area contributed by atoms with Gasteiger partial charge in [-0.1, -0.05) is 29.3 Å². The van der Waals surface area contributed by atoms with Crippen LogP contribution in [0.2, 0.25) is 10.0 Å². The van der Waals surface area contributed by atoms with E-state index in [2.05, 4.69) is 10.6 Å². The van der Waals surface area contributed by atoms with Crippen molar-refractivity contribution in [1.29, 1.82) is 0 Å². The van der Waals surface area contributed by atoms with Crippen LogP contribution in [0.25, 0.3) is 0 Å². The Morgan fingerprint density at radius 1 is 0.926 bits per heavy atom. The number of nitrogens with one attached hydrogen (secondary N) is 2. The van der Waals surface area contributed by atoms with Gasteiger partial charge in [0, 0.05) is 17.4 Å². The lowest BCUT2D eigenvalue weighted by Crippen LogP contribution is -2.20. The first-order chi connectivity index (χ1) is 13.0. The van der Waals surface area contributed by atoms with Crippen molar-refractivity contribution in [3.63, 3.8) is 0 Å². The number of hydrogen-bond donors (Lipinski definition) is 2. The second kappa shape index (κ2) is 8.90. The first-order valence-corrected chi connectivity index (χ1v) is 9.47. The van der Waals surface area contributed by atoms with Crippen molar-refractivity contribution in [2.24, 2.45) is 0 Å². The lowest BCUT2D eigenvalue weighted by Gasteiger charge is -2.09. The molecule has 5 nitrogen and oxygen atoms in total. The Hall–Kier alpha value is -2.54. The van der Waals surface area contributed by atoms with E-state index in [1.807, 2.05) is 11.4 Å². The summed E-state index contributed by atoms with van der Waals surface area (Å²) in [5.74, 6) is -0.0422. The lowest BCUT2D eigenvalue weighted by molar-refractivity contribution is -0.118. The van der Waals surface area contributed by atoms with E-state index in [-0.39, 0.29) is 18.4 Å². The highest BCUT2D eigenvalue weighted by Crippen LogP contribution is 2.26. The molecule has 0 saturated carbocycles. The van der Waals surface area contributed by atoms with Gasteiger partial charge in [0.25, 0.3) is 11.8 Å². The van der Waals surface area contributed by atoms with Crippen molar-refractivity contribution >= 4 is 57.7 Å². The Kier molecular flexibility index (Phi) is 6.34. The monoisotopic (exact) mass is 420 g/mol. The highest BCUT2D eigenvalue weighted by Gasteiger charge is 2.08. The summed E-state index contributed by atoms with van der Waals surface area (Å²) in [5, 5.41) is 8.12. The van der Waals surface area contributed by atoms with Gasteiger partial charge in [0.1, 0.15) is 5.75 Å².